The molecule has 1 atom stereocenters. The third-order valence-electron chi connectivity index (χ3n) is 3.56. The minimum absolute atomic E-state index is 0.342. The number of methoxy groups -OCH3 is 1. The number of unbranched alkanes of at least 4 members (excludes halogenated alkanes) is 5. The van der Waals surface area contributed by atoms with Crippen LogP contribution < -0.4 is 10.1 Å². The lowest BCUT2D eigenvalue weighted by molar-refractivity contribution is 0.380. The SMILES string of the molecule is CCCCCCCCC(NC)c1cccnc1OC. The Balaban J connectivity index is 2.40. The van der Waals surface area contributed by atoms with Crippen LogP contribution in [0.25, 0.3) is 0 Å². The average Bonchev–Trinajstić information content (AvgIpc) is 2.47. The highest BCUT2D eigenvalue weighted by molar-refractivity contribution is 5.28. The van der Waals surface area contributed by atoms with Crippen LogP contribution in [0.5, 0.6) is 5.88 Å². The second-order valence-electron chi connectivity index (χ2n) is 5.00. The summed E-state index contributed by atoms with van der Waals surface area (Å²) in [4.78, 5) is 4.27. The highest BCUT2D eigenvalue weighted by atomic mass is 16.5. The first-order valence-electron chi connectivity index (χ1n) is 7.49. The lowest BCUT2D eigenvalue weighted by Crippen LogP contribution is -2.17. The summed E-state index contributed by atoms with van der Waals surface area (Å²) in [7, 11) is 3.69. The molecule has 1 N–H and O–H groups in total. The Kier molecular flexibility index (Phi) is 8.23. The fraction of sp³-hybridized carbons (Fsp3) is 0.688. The van der Waals surface area contributed by atoms with E-state index in [1.165, 1.54) is 44.1 Å². The van der Waals surface area contributed by atoms with Crippen LogP contribution in [0.1, 0.15) is 63.5 Å². The molecule has 0 saturated carbocycles. The second-order valence-corrected chi connectivity index (χ2v) is 5.00. The van der Waals surface area contributed by atoms with Crippen molar-refractivity contribution in [1.82, 2.24) is 10.3 Å². The van der Waals surface area contributed by atoms with Crippen LogP contribution in [-0.2, 0) is 0 Å². The van der Waals surface area contributed by atoms with Crippen LogP contribution in [0.15, 0.2) is 18.3 Å². The molecule has 0 amide bonds. The zero-order valence-electron chi connectivity index (χ0n) is 12.6. The fourth-order valence-electron chi connectivity index (χ4n) is 2.42. The monoisotopic (exact) mass is 264 g/mol. The summed E-state index contributed by atoms with van der Waals surface area (Å²) in [5.74, 6) is 0.743. The van der Waals surface area contributed by atoms with Gasteiger partial charge in [-0.1, -0.05) is 51.5 Å². The molecule has 0 radical (unpaired) electrons. The largest absolute Gasteiger partial charge is 0.481 e. The number of pyridine rings is 1. The summed E-state index contributed by atoms with van der Waals surface area (Å²) in [6, 6.07) is 4.42. The number of hydrogen-bond donors (Lipinski definition) is 1. The summed E-state index contributed by atoms with van der Waals surface area (Å²) in [5.41, 5.74) is 1.17. The van der Waals surface area contributed by atoms with Gasteiger partial charge in [0.25, 0.3) is 0 Å². The highest BCUT2D eigenvalue weighted by Crippen LogP contribution is 2.26. The maximum atomic E-state index is 5.34. The van der Waals surface area contributed by atoms with Gasteiger partial charge in [-0.15, -0.1) is 0 Å². The van der Waals surface area contributed by atoms with Crippen molar-refractivity contribution >= 4 is 0 Å². The van der Waals surface area contributed by atoms with Crippen molar-refractivity contribution in [2.24, 2.45) is 0 Å². The zero-order valence-corrected chi connectivity index (χ0v) is 12.6. The van der Waals surface area contributed by atoms with Crippen molar-refractivity contribution < 1.29 is 4.74 Å². The maximum Gasteiger partial charge on any atom is 0.217 e. The molecule has 0 aliphatic rings. The molecule has 1 aromatic rings. The second kappa shape index (κ2) is 9.79. The molecule has 0 fully saturated rings. The van der Waals surface area contributed by atoms with Gasteiger partial charge in [-0.2, -0.15) is 0 Å². The first-order valence-corrected chi connectivity index (χ1v) is 7.49. The minimum atomic E-state index is 0.342. The van der Waals surface area contributed by atoms with Gasteiger partial charge in [0.1, 0.15) is 0 Å². The van der Waals surface area contributed by atoms with Crippen molar-refractivity contribution in [3.8, 4) is 5.88 Å². The van der Waals surface area contributed by atoms with Crippen LogP contribution in [0, 0.1) is 0 Å². The Morgan fingerprint density at radius 1 is 1.21 bits per heavy atom. The van der Waals surface area contributed by atoms with Gasteiger partial charge in [0.15, 0.2) is 0 Å². The summed E-state index contributed by atoms with van der Waals surface area (Å²) in [6.45, 7) is 2.26. The molecular weight excluding hydrogens is 236 g/mol. The van der Waals surface area contributed by atoms with E-state index in [-0.39, 0.29) is 0 Å². The van der Waals surface area contributed by atoms with Gasteiger partial charge in [-0.25, -0.2) is 4.98 Å². The molecule has 3 heteroatoms. The van der Waals surface area contributed by atoms with E-state index in [2.05, 4.69) is 23.3 Å². The molecule has 0 spiro atoms. The topological polar surface area (TPSA) is 34.2 Å². The fourth-order valence-corrected chi connectivity index (χ4v) is 2.42. The first-order chi connectivity index (χ1) is 9.33. The van der Waals surface area contributed by atoms with Crippen molar-refractivity contribution in [2.75, 3.05) is 14.2 Å². The van der Waals surface area contributed by atoms with Crippen LogP contribution in [0.2, 0.25) is 0 Å². The Hall–Kier alpha value is -1.09. The van der Waals surface area contributed by atoms with E-state index < -0.39 is 0 Å². The lowest BCUT2D eigenvalue weighted by atomic mass is 10.0. The molecule has 1 rings (SSSR count). The van der Waals surface area contributed by atoms with Crippen molar-refractivity contribution in [3.05, 3.63) is 23.9 Å². The van der Waals surface area contributed by atoms with Crippen molar-refractivity contribution in [1.29, 1.82) is 0 Å². The molecule has 1 aromatic heterocycles. The average molecular weight is 264 g/mol. The van der Waals surface area contributed by atoms with E-state index in [0.717, 1.165) is 12.3 Å². The molecule has 0 saturated heterocycles. The standard InChI is InChI=1S/C16H28N2O/c1-4-5-6-7-8-9-12-15(17-2)14-11-10-13-18-16(14)19-3/h10-11,13,15,17H,4-9,12H2,1-3H3. The van der Waals surface area contributed by atoms with Gasteiger partial charge in [0.05, 0.1) is 7.11 Å². The molecule has 108 valence electrons. The van der Waals surface area contributed by atoms with E-state index in [9.17, 15) is 0 Å². The van der Waals surface area contributed by atoms with Crippen LogP contribution in [-0.4, -0.2) is 19.1 Å². The summed E-state index contributed by atoms with van der Waals surface area (Å²) >= 11 is 0. The summed E-state index contributed by atoms with van der Waals surface area (Å²) < 4.78 is 5.34. The van der Waals surface area contributed by atoms with E-state index >= 15 is 0 Å². The Morgan fingerprint density at radius 2 is 1.95 bits per heavy atom. The summed E-state index contributed by atoms with van der Waals surface area (Å²) in [5, 5.41) is 3.38. The van der Waals surface area contributed by atoms with Gasteiger partial charge in [-0.3, -0.25) is 0 Å². The van der Waals surface area contributed by atoms with Gasteiger partial charge in [0, 0.05) is 17.8 Å². The Morgan fingerprint density at radius 3 is 2.63 bits per heavy atom. The molecular formula is C16H28N2O. The molecule has 1 heterocycles. The zero-order chi connectivity index (χ0) is 13.9. The number of ether oxygens (including phenoxy) is 1. The van der Waals surface area contributed by atoms with E-state index in [1.54, 1.807) is 13.3 Å². The molecule has 19 heavy (non-hydrogen) atoms. The van der Waals surface area contributed by atoms with Crippen LogP contribution in [0.4, 0.5) is 0 Å². The van der Waals surface area contributed by atoms with Crippen molar-refractivity contribution in [3.63, 3.8) is 0 Å². The van der Waals surface area contributed by atoms with E-state index in [0.29, 0.717) is 6.04 Å². The molecule has 0 bridgehead atoms. The number of hydrogen-bond acceptors (Lipinski definition) is 3. The number of nitrogens with one attached hydrogen (secondary N) is 1. The van der Waals surface area contributed by atoms with Gasteiger partial charge in [-0.05, 0) is 19.5 Å². The lowest BCUT2D eigenvalue weighted by Gasteiger charge is -2.18. The summed E-state index contributed by atoms with van der Waals surface area (Å²) in [6.07, 6.45) is 10.9. The number of aromatic nitrogens is 1. The van der Waals surface area contributed by atoms with Crippen LogP contribution >= 0.6 is 0 Å². The Labute approximate surface area is 117 Å². The van der Waals surface area contributed by atoms with Gasteiger partial charge >= 0.3 is 0 Å². The highest BCUT2D eigenvalue weighted by Gasteiger charge is 2.14. The van der Waals surface area contributed by atoms with Gasteiger partial charge in [0.2, 0.25) is 5.88 Å². The minimum Gasteiger partial charge on any atom is -0.481 e. The molecule has 1 unspecified atom stereocenters. The predicted octanol–water partition coefficient (Wildman–Crippen LogP) is 4.10. The third kappa shape index (κ3) is 5.60. The first kappa shape index (κ1) is 16.0. The molecule has 0 aliphatic heterocycles. The molecule has 0 aliphatic carbocycles. The normalized spacial score (nSPS) is 12.4. The Bertz CT molecular complexity index is 341. The van der Waals surface area contributed by atoms with Crippen LogP contribution in [0.3, 0.4) is 0 Å². The number of nitrogens with zero attached hydrogens (tertiary/aromatic N) is 1. The quantitative estimate of drug-likeness (QED) is 0.646. The smallest absolute Gasteiger partial charge is 0.217 e. The van der Waals surface area contributed by atoms with Gasteiger partial charge < -0.3 is 10.1 Å². The van der Waals surface area contributed by atoms with E-state index in [4.69, 9.17) is 4.74 Å². The molecule has 3 nitrogen and oxygen atoms in total. The van der Waals surface area contributed by atoms with E-state index in [1.807, 2.05) is 13.1 Å². The van der Waals surface area contributed by atoms with Crippen molar-refractivity contribution in [2.45, 2.75) is 57.9 Å². The number of rotatable bonds is 10. The third-order valence-corrected chi connectivity index (χ3v) is 3.56. The predicted molar refractivity (Wildman–Crippen MR) is 80.6 cm³/mol. The maximum absolute atomic E-state index is 5.34. The molecule has 0 aromatic carbocycles.